The van der Waals surface area contributed by atoms with Gasteiger partial charge in [0, 0.05) is 24.1 Å². The third-order valence-electron chi connectivity index (χ3n) is 5.66. The maximum Gasteiger partial charge on any atom is 0.226 e. The molecule has 2 fully saturated rings. The molecule has 1 heterocycles. The first-order valence-electron chi connectivity index (χ1n) is 10.4. The van der Waals surface area contributed by atoms with Crippen LogP contribution >= 0.6 is 0 Å². The Morgan fingerprint density at radius 3 is 2.57 bits per heavy atom. The largest absolute Gasteiger partial charge is 0.493 e. The summed E-state index contributed by atoms with van der Waals surface area (Å²) in [6.07, 6.45) is 6.63. The monoisotopic (exact) mass is 405 g/mol. The van der Waals surface area contributed by atoms with Crippen LogP contribution in [0.5, 0.6) is 11.5 Å². The molecular weight excluding hydrogens is 378 g/mol. The average Bonchev–Trinajstić information content (AvgIpc) is 3.27. The van der Waals surface area contributed by atoms with Crippen molar-refractivity contribution in [2.75, 3.05) is 7.11 Å². The summed E-state index contributed by atoms with van der Waals surface area (Å²) in [6.45, 7) is 0. The van der Waals surface area contributed by atoms with E-state index in [1.165, 1.54) is 19.0 Å². The Morgan fingerprint density at radius 2 is 1.87 bits per heavy atom. The highest BCUT2D eigenvalue weighted by atomic mass is 16.5. The molecule has 4 rings (SSSR count). The molecule has 0 spiro atoms. The van der Waals surface area contributed by atoms with E-state index in [0.29, 0.717) is 18.0 Å². The van der Waals surface area contributed by atoms with Crippen molar-refractivity contribution in [1.82, 2.24) is 5.32 Å². The smallest absolute Gasteiger partial charge is 0.226 e. The second-order valence-corrected chi connectivity index (χ2v) is 7.66. The number of carbonyl (C=O) groups is 1. The minimum Gasteiger partial charge on any atom is -0.493 e. The quantitative estimate of drug-likeness (QED) is 0.781. The first kappa shape index (κ1) is 20.0. The molecule has 3 N–H and O–H groups in total. The summed E-state index contributed by atoms with van der Waals surface area (Å²) in [5.74, 6) is 1.59. The van der Waals surface area contributed by atoms with Gasteiger partial charge in [-0.25, -0.2) is 4.99 Å². The van der Waals surface area contributed by atoms with Gasteiger partial charge in [0.25, 0.3) is 0 Å². The summed E-state index contributed by atoms with van der Waals surface area (Å²) in [4.78, 5) is 17.1. The molecule has 1 amide bonds. The van der Waals surface area contributed by atoms with Gasteiger partial charge in [-0.1, -0.05) is 24.3 Å². The van der Waals surface area contributed by atoms with E-state index in [2.05, 4.69) is 10.3 Å². The van der Waals surface area contributed by atoms with Crippen LogP contribution in [0.2, 0.25) is 0 Å². The maximum absolute atomic E-state index is 12.4. The number of nitrogens with one attached hydrogen (secondary N) is 1. The minimum atomic E-state index is -0.208. The van der Waals surface area contributed by atoms with Crippen molar-refractivity contribution < 1.29 is 14.3 Å². The summed E-state index contributed by atoms with van der Waals surface area (Å²) < 4.78 is 11.7. The molecule has 6 heteroatoms. The lowest BCUT2D eigenvalue weighted by Gasteiger charge is -2.27. The van der Waals surface area contributed by atoms with Gasteiger partial charge < -0.3 is 20.5 Å². The van der Waals surface area contributed by atoms with Crippen LogP contribution in [-0.2, 0) is 4.79 Å². The fourth-order valence-electron chi connectivity index (χ4n) is 4.12. The number of amidine groups is 1. The van der Waals surface area contributed by atoms with Crippen molar-refractivity contribution >= 4 is 17.4 Å². The highest BCUT2D eigenvalue weighted by Crippen LogP contribution is 2.38. The lowest BCUT2D eigenvalue weighted by molar-refractivity contribution is -0.120. The number of hydrogen-bond donors (Lipinski definition) is 2. The van der Waals surface area contributed by atoms with Gasteiger partial charge in [0.2, 0.25) is 5.91 Å². The Balaban J connectivity index is 1.64. The van der Waals surface area contributed by atoms with Crippen molar-refractivity contribution in [1.29, 1.82) is 0 Å². The number of nitrogens with two attached hydrogens (primary N) is 1. The van der Waals surface area contributed by atoms with Gasteiger partial charge in [-0.05, 0) is 55.5 Å². The van der Waals surface area contributed by atoms with E-state index < -0.39 is 0 Å². The van der Waals surface area contributed by atoms with E-state index in [0.717, 1.165) is 35.4 Å². The van der Waals surface area contributed by atoms with Crippen LogP contribution in [0.3, 0.4) is 0 Å². The Kier molecular flexibility index (Phi) is 6.02. The SMILES string of the molecule is COc1cc(C2CC(=O)NC(=Nc3ccccc3)C2=CN)ccc1OC1CCCC1. The van der Waals surface area contributed by atoms with Crippen LogP contribution < -0.4 is 20.5 Å². The number of hydrogen-bond acceptors (Lipinski definition) is 5. The number of rotatable bonds is 5. The third-order valence-corrected chi connectivity index (χ3v) is 5.66. The Hall–Kier alpha value is -3.28. The average molecular weight is 405 g/mol. The van der Waals surface area contributed by atoms with Gasteiger partial charge in [0.1, 0.15) is 5.84 Å². The normalized spacial score (nSPS) is 22.3. The standard InChI is InChI=1S/C24H27N3O3/c1-29-22-13-16(11-12-21(22)30-18-9-5-6-10-18)19-14-23(28)27-24(20(19)15-25)26-17-7-3-2-4-8-17/h2-4,7-8,11-13,15,18-19H,5-6,9-10,14,25H2,1H3,(H,26,27,28). The molecule has 1 unspecified atom stereocenters. The number of nitrogens with zero attached hydrogens (tertiary/aromatic N) is 1. The van der Waals surface area contributed by atoms with Crippen molar-refractivity contribution in [3.63, 3.8) is 0 Å². The molecule has 0 bridgehead atoms. The number of aliphatic imine (C=N–C) groups is 1. The summed E-state index contributed by atoms with van der Waals surface area (Å²) in [7, 11) is 1.64. The number of para-hydroxylation sites is 1. The van der Waals surface area contributed by atoms with Gasteiger partial charge >= 0.3 is 0 Å². The molecule has 30 heavy (non-hydrogen) atoms. The number of benzene rings is 2. The van der Waals surface area contributed by atoms with Crippen molar-refractivity contribution in [3.05, 3.63) is 65.9 Å². The predicted molar refractivity (Wildman–Crippen MR) is 117 cm³/mol. The molecule has 2 aromatic rings. The van der Waals surface area contributed by atoms with Crippen LogP contribution in [0.25, 0.3) is 0 Å². The van der Waals surface area contributed by atoms with Crippen LogP contribution in [0.4, 0.5) is 5.69 Å². The van der Waals surface area contributed by atoms with Gasteiger partial charge in [-0.3, -0.25) is 4.79 Å². The second-order valence-electron chi connectivity index (χ2n) is 7.66. The van der Waals surface area contributed by atoms with Crippen molar-refractivity contribution in [2.24, 2.45) is 10.7 Å². The molecule has 1 saturated heterocycles. The first-order valence-corrected chi connectivity index (χ1v) is 10.4. The van der Waals surface area contributed by atoms with E-state index >= 15 is 0 Å². The van der Waals surface area contributed by atoms with Gasteiger partial charge in [0.15, 0.2) is 11.5 Å². The number of methoxy groups -OCH3 is 1. The number of ether oxygens (including phenoxy) is 2. The summed E-state index contributed by atoms with van der Waals surface area (Å²) in [5, 5.41) is 2.86. The first-order chi connectivity index (χ1) is 14.7. The minimum absolute atomic E-state index is 0.0921. The van der Waals surface area contributed by atoms with E-state index in [4.69, 9.17) is 15.2 Å². The van der Waals surface area contributed by atoms with E-state index in [1.807, 2.05) is 48.5 Å². The van der Waals surface area contributed by atoms with Crippen molar-refractivity contribution in [3.8, 4) is 11.5 Å². The molecule has 1 aliphatic carbocycles. The highest BCUT2D eigenvalue weighted by molar-refractivity contribution is 6.12. The number of amides is 1. The molecular formula is C24H27N3O3. The second kappa shape index (κ2) is 9.03. The van der Waals surface area contributed by atoms with Crippen LogP contribution in [-0.4, -0.2) is 25.0 Å². The molecule has 156 valence electrons. The topological polar surface area (TPSA) is 85.9 Å². The summed E-state index contributed by atoms with van der Waals surface area (Å²) in [5.41, 5.74) is 8.46. The predicted octanol–water partition coefficient (Wildman–Crippen LogP) is 4.19. The zero-order valence-electron chi connectivity index (χ0n) is 17.1. The van der Waals surface area contributed by atoms with Gasteiger partial charge in [-0.2, -0.15) is 0 Å². The molecule has 6 nitrogen and oxygen atoms in total. The van der Waals surface area contributed by atoms with Gasteiger partial charge in [-0.15, -0.1) is 0 Å². The van der Waals surface area contributed by atoms with Crippen LogP contribution in [0.1, 0.15) is 43.6 Å². The Labute approximate surface area is 176 Å². The molecule has 0 aromatic heterocycles. The fraction of sp³-hybridized carbons (Fsp3) is 0.333. The van der Waals surface area contributed by atoms with E-state index in [9.17, 15) is 4.79 Å². The molecule has 1 saturated carbocycles. The molecule has 2 aromatic carbocycles. The molecule has 0 radical (unpaired) electrons. The third kappa shape index (κ3) is 4.32. The van der Waals surface area contributed by atoms with Crippen molar-refractivity contribution in [2.45, 2.75) is 44.1 Å². The highest BCUT2D eigenvalue weighted by Gasteiger charge is 2.31. The zero-order valence-corrected chi connectivity index (χ0v) is 17.1. The lowest BCUT2D eigenvalue weighted by atomic mass is 9.85. The van der Waals surface area contributed by atoms with Gasteiger partial charge in [0.05, 0.1) is 18.9 Å². The Morgan fingerprint density at radius 1 is 1.10 bits per heavy atom. The summed E-state index contributed by atoms with van der Waals surface area (Å²) in [6, 6.07) is 15.4. The zero-order chi connectivity index (χ0) is 20.9. The molecule has 2 aliphatic rings. The molecule has 1 atom stereocenters. The van der Waals surface area contributed by atoms with Crippen LogP contribution in [0.15, 0.2) is 65.3 Å². The fourth-order valence-corrected chi connectivity index (χ4v) is 4.12. The number of carbonyl (C=O) groups excluding carboxylic acids is 1. The maximum atomic E-state index is 12.4. The molecule has 1 aliphatic heterocycles. The summed E-state index contributed by atoms with van der Waals surface area (Å²) >= 11 is 0. The Bertz CT molecular complexity index is 963. The van der Waals surface area contributed by atoms with E-state index in [1.54, 1.807) is 7.11 Å². The van der Waals surface area contributed by atoms with E-state index in [-0.39, 0.29) is 17.9 Å². The number of piperidine rings is 1. The lowest BCUT2D eigenvalue weighted by Crippen LogP contribution is -2.40. The van der Waals surface area contributed by atoms with Crippen LogP contribution in [0, 0.1) is 0 Å².